The molecule has 0 fully saturated rings. The zero-order chi connectivity index (χ0) is 28.3. The van der Waals surface area contributed by atoms with Gasteiger partial charge in [-0.25, -0.2) is 0 Å². The predicted molar refractivity (Wildman–Crippen MR) is 183 cm³/mol. The Morgan fingerprint density at radius 2 is 1.09 bits per heavy atom. The van der Waals surface area contributed by atoms with Crippen LogP contribution < -0.4 is 4.90 Å². The van der Waals surface area contributed by atoms with E-state index in [9.17, 15) is 0 Å². The zero-order valence-electron chi connectivity index (χ0n) is 23.3. The molecular formula is C40H26N2S. The van der Waals surface area contributed by atoms with Crippen molar-refractivity contribution in [2.75, 3.05) is 4.90 Å². The molecule has 0 saturated carbocycles. The Hall–Kier alpha value is -5.25. The van der Waals surface area contributed by atoms with E-state index in [1.807, 2.05) is 11.8 Å². The Morgan fingerprint density at radius 1 is 0.442 bits per heavy atom. The standard InChI is InChI=1S/C40H26N2S/c1-3-11-27(12-4-1)32-16-7-8-17-33(32)41(29-14-5-2-6-15-29)30-22-24-31(25-23-30)42-34-18-10-20-37-39(34)40-35(42)26-21-28-13-9-19-36(43-37)38(28)40/h1-26H. The topological polar surface area (TPSA) is 8.17 Å². The lowest BCUT2D eigenvalue weighted by atomic mass is 10.0. The first-order valence-corrected chi connectivity index (χ1v) is 15.4. The van der Waals surface area contributed by atoms with Gasteiger partial charge in [0.15, 0.2) is 0 Å². The molecule has 0 aliphatic carbocycles. The molecule has 0 N–H and O–H groups in total. The van der Waals surface area contributed by atoms with Crippen molar-refractivity contribution in [1.82, 2.24) is 4.57 Å². The summed E-state index contributed by atoms with van der Waals surface area (Å²) in [6, 6.07) is 56.9. The van der Waals surface area contributed by atoms with Gasteiger partial charge in [-0.3, -0.25) is 0 Å². The second-order valence-corrected chi connectivity index (χ2v) is 12.1. The number of rotatable bonds is 5. The molecule has 0 amide bonds. The van der Waals surface area contributed by atoms with Gasteiger partial charge in [0.25, 0.3) is 0 Å². The molecule has 43 heavy (non-hydrogen) atoms. The third-order valence-electron chi connectivity index (χ3n) is 8.55. The fourth-order valence-corrected chi connectivity index (χ4v) is 7.87. The maximum atomic E-state index is 2.44. The van der Waals surface area contributed by atoms with Gasteiger partial charge in [0.05, 0.1) is 16.7 Å². The Labute approximate surface area is 254 Å². The highest BCUT2D eigenvalue weighted by Gasteiger charge is 2.23. The summed E-state index contributed by atoms with van der Waals surface area (Å²) in [5.74, 6) is 0. The molecule has 2 nitrogen and oxygen atoms in total. The molecule has 1 aliphatic rings. The fourth-order valence-electron chi connectivity index (χ4n) is 6.71. The van der Waals surface area contributed by atoms with Crippen LogP contribution in [0.15, 0.2) is 168 Å². The number of benzene rings is 7. The highest BCUT2D eigenvalue weighted by Crippen LogP contribution is 2.50. The Bertz CT molecular complexity index is 2300. The van der Waals surface area contributed by atoms with Crippen LogP contribution in [0.3, 0.4) is 0 Å². The highest BCUT2D eigenvalue weighted by atomic mass is 32.2. The summed E-state index contributed by atoms with van der Waals surface area (Å²) in [6.45, 7) is 0. The van der Waals surface area contributed by atoms with E-state index in [1.165, 1.54) is 53.5 Å². The number of anilines is 3. The Balaban J connectivity index is 1.24. The average Bonchev–Trinajstić information content (AvgIpc) is 3.42. The van der Waals surface area contributed by atoms with E-state index < -0.39 is 0 Å². The maximum Gasteiger partial charge on any atom is 0.0552 e. The van der Waals surface area contributed by atoms with Crippen molar-refractivity contribution in [3.05, 3.63) is 158 Å². The van der Waals surface area contributed by atoms with Crippen molar-refractivity contribution in [3.63, 3.8) is 0 Å². The first kappa shape index (κ1) is 24.4. The fraction of sp³-hybridized carbons (Fsp3) is 0. The van der Waals surface area contributed by atoms with Crippen molar-refractivity contribution in [2.45, 2.75) is 9.79 Å². The van der Waals surface area contributed by atoms with Crippen LogP contribution in [0.1, 0.15) is 0 Å². The molecule has 0 radical (unpaired) electrons. The van der Waals surface area contributed by atoms with Crippen LogP contribution in [0, 0.1) is 0 Å². The molecule has 0 saturated heterocycles. The van der Waals surface area contributed by atoms with Gasteiger partial charge in [-0.2, -0.15) is 0 Å². The molecule has 0 bridgehead atoms. The Kier molecular flexibility index (Phi) is 5.47. The van der Waals surface area contributed by atoms with Crippen molar-refractivity contribution in [1.29, 1.82) is 0 Å². The quantitative estimate of drug-likeness (QED) is 0.205. The average molecular weight is 567 g/mol. The molecule has 3 heteroatoms. The number of hydrogen-bond donors (Lipinski definition) is 0. The second-order valence-electron chi connectivity index (χ2n) is 11.0. The number of hydrogen-bond acceptors (Lipinski definition) is 2. The molecule has 0 unspecified atom stereocenters. The van der Waals surface area contributed by atoms with E-state index in [1.54, 1.807) is 0 Å². The molecule has 0 spiro atoms. The minimum atomic E-state index is 1.12. The zero-order valence-corrected chi connectivity index (χ0v) is 24.1. The van der Waals surface area contributed by atoms with Crippen molar-refractivity contribution < 1.29 is 0 Å². The van der Waals surface area contributed by atoms with Crippen molar-refractivity contribution in [3.8, 4) is 16.8 Å². The van der Waals surface area contributed by atoms with Gasteiger partial charge in [-0.15, -0.1) is 0 Å². The summed E-state index contributed by atoms with van der Waals surface area (Å²) in [5.41, 5.74) is 9.46. The lowest BCUT2D eigenvalue weighted by molar-refractivity contribution is 1.17. The molecule has 1 aromatic heterocycles. The second kappa shape index (κ2) is 9.65. The highest BCUT2D eigenvalue weighted by molar-refractivity contribution is 8.00. The van der Waals surface area contributed by atoms with Gasteiger partial charge in [0, 0.05) is 48.6 Å². The maximum absolute atomic E-state index is 2.44. The first-order valence-electron chi connectivity index (χ1n) is 14.6. The van der Waals surface area contributed by atoms with Gasteiger partial charge in [0.2, 0.25) is 0 Å². The van der Waals surface area contributed by atoms with E-state index >= 15 is 0 Å². The third-order valence-corrected chi connectivity index (χ3v) is 9.67. The van der Waals surface area contributed by atoms with Crippen molar-refractivity contribution >= 4 is 61.4 Å². The van der Waals surface area contributed by atoms with Crippen LogP contribution in [0.2, 0.25) is 0 Å². The van der Waals surface area contributed by atoms with Crippen LogP contribution >= 0.6 is 11.8 Å². The van der Waals surface area contributed by atoms with Crippen LogP contribution in [0.5, 0.6) is 0 Å². The monoisotopic (exact) mass is 566 g/mol. The van der Waals surface area contributed by atoms with E-state index in [2.05, 4.69) is 167 Å². The molecule has 202 valence electrons. The smallest absolute Gasteiger partial charge is 0.0552 e. The van der Waals surface area contributed by atoms with E-state index in [0.717, 1.165) is 22.7 Å². The summed E-state index contributed by atoms with van der Waals surface area (Å²) < 4.78 is 2.44. The lowest BCUT2D eigenvalue weighted by Crippen LogP contribution is -2.11. The van der Waals surface area contributed by atoms with Gasteiger partial charge >= 0.3 is 0 Å². The first-order chi connectivity index (χ1) is 21.3. The molecule has 1 aliphatic heterocycles. The molecule has 7 aromatic carbocycles. The molecular weight excluding hydrogens is 541 g/mol. The SMILES string of the molecule is c1ccc(-c2ccccc2N(c2ccccc2)c2ccc(-n3c4cccc5c4c4c6c(cccc6ccc43)S5)cc2)cc1. The number of para-hydroxylation sites is 2. The van der Waals surface area contributed by atoms with Gasteiger partial charge in [-0.1, -0.05) is 103 Å². The largest absolute Gasteiger partial charge is 0.310 e. The van der Waals surface area contributed by atoms with Crippen LogP contribution in [-0.2, 0) is 0 Å². The summed E-state index contributed by atoms with van der Waals surface area (Å²) in [6.07, 6.45) is 0. The number of aromatic nitrogens is 1. The summed E-state index contributed by atoms with van der Waals surface area (Å²) in [4.78, 5) is 5.03. The molecule has 2 heterocycles. The third kappa shape index (κ3) is 3.75. The van der Waals surface area contributed by atoms with Gasteiger partial charge in [0.1, 0.15) is 0 Å². The van der Waals surface area contributed by atoms with E-state index in [4.69, 9.17) is 0 Å². The lowest BCUT2D eigenvalue weighted by Gasteiger charge is -2.28. The summed E-state index contributed by atoms with van der Waals surface area (Å²) in [7, 11) is 0. The summed E-state index contributed by atoms with van der Waals surface area (Å²) in [5, 5.41) is 5.40. The van der Waals surface area contributed by atoms with Crippen LogP contribution in [0.25, 0.3) is 49.4 Å². The summed E-state index contributed by atoms with van der Waals surface area (Å²) >= 11 is 1.89. The van der Waals surface area contributed by atoms with Crippen molar-refractivity contribution in [2.24, 2.45) is 0 Å². The Morgan fingerprint density at radius 3 is 1.91 bits per heavy atom. The normalized spacial score (nSPS) is 12.1. The van der Waals surface area contributed by atoms with Gasteiger partial charge < -0.3 is 9.47 Å². The van der Waals surface area contributed by atoms with Crippen LogP contribution in [0.4, 0.5) is 17.1 Å². The van der Waals surface area contributed by atoms with E-state index in [0.29, 0.717) is 0 Å². The number of nitrogens with zero attached hydrogens (tertiary/aromatic N) is 2. The van der Waals surface area contributed by atoms with Crippen LogP contribution in [-0.4, -0.2) is 4.57 Å². The minimum Gasteiger partial charge on any atom is -0.310 e. The van der Waals surface area contributed by atoms with Gasteiger partial charge in [-0.05, 0) is 77.7 Å². The predicted octanol–water partition coefficient (Wildman–Crippen LogP) is 11.5. The minimum absolute atomic E-state index is 1.12. The molecule has 8 aromatic rings. The molecule has 0 atom stereocenters. The van der Waals surface area contributed by atoms with E-state index in [-0.39, 0.29) is 0 Å². The molecule has 9 rings (SSSR count).